The van der Waals surface area contributed by atoms with E-state index in [4.69, 9.17) is 0 Å². The lowest BCUT2D eigenvalue weighted by Crippen LogP contribution is -2.48. The molecule has 156 valence electrons. The molecule has 2 fully saturated rings. The van der Waals surface area contributed by atoms with E-state index in [9.17, 15) is 21.2 Å². The maximum absolute atomic E-state index is 14.0. The molecule has 1 aliphatic carbocycles. The fourth-order valence-electron chi connectivity index (χ4n) is 3.31. The number of para-hydroxylation sites is 1. The van der Waals surface area contributed by atoms with Crippen molar-refractivity contribution < 1.29 is 21.2 Å². The number of hydrogen-bond donors (Lipinski definition) is 1. The molecule has 2 aliphatic rings. The van der Waals surface area contributed by atoms with Crippen molar-refractivity contribution in [3.63, 3.8) is 0 Å². The molecule has 2 aromatic rings. The fraction of sp³-hybridized carbons (Fsp3) is 0.368. The van der Waals surface area contributed by atoms with E-state index in [1.165, 1.54) is 34.6 Å². The zero-order valence-corrected chi connectivity index (χ0v) is 17.3. The maximum Gasteiger partial charge on any atom is 0.243 e. The molecular formula is C19H22FN3O4S2. The first-order valence-electron chi connectivity index (χ1n) is 9.39. The molecule has 0 atom stereocenters. The summed E-state index contributed by atoms with van der Waals surface area (Å²) in [6.07, 6.45) is 1.65. The van der Waals surface area contributed by atoms with Crippen LogP contribution >= 0.6 is 0 Å². The summed E-state index contributed by atoms with van der Waals surface area (Å²) in [4.78, 5) is 1.91. The summed E-state index contributed by atoms with van der Waals surface area (Å²) in [6.45, 7) is 1.19. The van der Waals surface area contributed by atoms with Crippen molar-refractivity contribution in [2.75, 3.05) is 31.1 Å². The molecule has 1 aliphatic heterocycles. The van der Waals surface area contributed by atoms with Gasteiger partial charge in [0.2, 0.25) is 20.0 Å². The Labute approximate surface area is 170 Å². The van der Waals surface area contributed by atoms with Crippen LogP contribution in [-0.2, 0) is 20.0 Å². The summed E-state index contributed by atoms with van der Waals surface area (Å²) in [5.41, 5.74) is 0.460. The second-order valence-electron chi connectivity index (χ2n) is 7.21. The van der Waals surface area contributed by atoms with Gasteiger partial charge in [0, 0.05) is 32.2 Å². The standard InChI is InChI=1S/C19H22FN3O4S2/c20-18-3-1-2-4-19(18)22-11-13-23(14-12-22)29(26,27)17-9-7-16(8-10-17)28(24,25)21-15-5-6-15/h1-4,7-10,15,21H,5-6,11-14H2. The minimum absolute atomic E-state index is 0.0193. The molecular weight excluding hydrogens is 417 g/mol. The third kappa shape index (κ3) is 4.30. The molecule has 1 heterocycles. The van der Waals surface area contributed by atoms with Gasteiger partial charge in [-0.2, -0.15) is 4.31 Å². The SMILES string of the molecule is O=S(=O)(NC1CC1)c1ccc(S(=O)(=O)N2CCN(c3ccccc3F)CC2)cc1. The van der Waals surface area contributed by atoms with Crippen LogP contribution in [0.15, 0.2) is 58.3 Å². The van der Waals surface area contributed by atoms with E-state index in [0.717, 1.165) is 12.8 Å². The van der Waals surface area contributed by atoms with Crippen LogP contribution in [0.25, 0.3) is 0 Å². The number of hydrogen-bond acceptors (Lipinski definition) is 5. The van der Waals surface area contributed by atoms with Crippen molar-refractivity contribution in [2.24, 2.45) is 0 Å². The number of nitrogens with one attached hydrogen (secondary N) is 1. The molecule has 0 spiro atoms. The van der Waals surface area contributed by atoms with E-state index >= 15 is 0 Å². The summed E-state index contributed by atoms with van der Waals surface area (Å²) in [6, 6.07) is 11.7. The molecule has 7 nitrogen and oxygen atoms in total. The van der Waals surface area contributed by atoms with Crippen LogP contribution in [0.3, 0.4) is 0 Å². The lowest BCUT2D eigenvalue weighted by atomic mass is 10.2. The summed E-state index contributed by atoms with van der Waals surface area (Å²) in [5.74, 6) is -0.333. The first-order chi connectivity index (χ1) is 13.8. The summed E-state index contributed by atoms with van der Waals surface area (Å²) >= 11 is 0. The summed E-state index contributed by atoms with van der Waals surface area (Å²) < 4.78 is 68.2. The molecule has 29 heavy (non-hydrogen) atoms. The number of anilines is 1. The topological polar surface area (TPSA) is 86.8 Å². The highest BCUT2D eigenvalue weighted by atomic mass is 32.2. The van der Waals surface area contributed by atoms with E-state index in [-0.39, 0.29) is 34.7 Å². The Morgan fingerprint density at radius 1 is 0.828 bits per heavy atom. The Bertz CT molecular complexity index is 1090. The van der Waals surface area contributed by atoms with Crippen molar-refractivity contribution >= 4 is 25.7 Å². The second kappa shape index (κ2) is 7.67. The molecule has 0 aromatic heterocycles. The first-order valence-corrected chi connectivity index (χ1v) is 12.3. The molecule has 10 heteroatoms. The highest BCUT2D eigenvalue weighted by Crippen LogP contribution is 2.25. The van der Waals surface area contributed by atoms with Gasteiger partial charge < -0.3 is 4.90 Å². The van der Waals surface area contributed by atoms with Gasteiger partial charge in [-0.15, -0.1) is 0 Å². The molecule has 2 aromatic carbocycles. The second-order valence-corrected chi connectivity index (χ2v) is 10.9. The number of sulfonamides is 2. The molecule has 0 unspecified atom stereocenters. The average Bonchev–Trinajstić information content (AvgIpc) is 3.52. The van der Waals surface area contributed by atoms with E-state index < -0.39 is 20.0 Å². The zero-order chi connectivity index (χ0) is 20.6. The monoisotopic (exact) mass is 439 g/mol. The minimum atomic E-state index is -3.75. The highest BCUT2D eigenvalue weighted by molar-refractivity contribution is 7.89. The Kier molecular flexibility index (Phi) is 5.36. The van der Waals surface area contributed by atoms with Gasteiger partial charge in [-0.3, -0.25) is 0 Å². The Morgan fingerprint density at radius 3 is 2.00 bits per heavy atom. The van der Waals surface area contributed by atoms with Crippen LogP contribution in [-0.4, -0.2) is 53.4 Å². The number of nitrogens with zero attached hydrogens (tertiary/aromatic N) is 2. The van der Waals surface area contributed by atoms with Gasteiger partial charge >= 0.3 is 0 Å². The molecule has 0 amide bonds. The smallest absolute Gasteiger partial charge is 0.243 e. The van der Waals surface area contributed by atoms with Crippen LogP contribution in [0.5, 0.6) is 0 Å². The van der Waals surface area contributed by atoms with Gasteiger partial charge in [0.1, 0.15) is 5.82 Å². The van der Waals surface area contributed by atoms with E-state index in [1.54, 1.807) is 18.2 Å². The van der Waals surface area contributed by atoms with Crippen molar-refractivity contribution in [2.45, 2.75) is 28.7 Å². The lowest BCUT2D eigenvalue weighted by Gasteiger charge is -2.35. The first kappa shape index (κ1) is 20.3. The van der Waals surface area contributed by atoms with Crippen molar-refractivity contribution in [3.8, 4) is 0 Å². The van der Waals surface area contributed by atoms with Gasteiger partial charge in [0.25, 0.3) is 0 Å². The Hall–Kier alpha value is -2.01. The molecule has 1 saturated carbocycles. The van der Waals surface area contributed by atoms with Crippen LogP contribution in [0.4, 0.5) is 10.1 Å². The third-order valence-corrected chi connectivity index (χ3v) is 8.55. The van der Waals surface area contributed by atoms with Gasteiger partial charge in [0.05, 0.1) is 15.5 Å². The minimum Gasteiger partial charge on any atom is -0.367 e. The predicted octanol–water partition coefficient (Wildman–Crippen LogP) is 1.78. The van der Waals surface area contributed by atoms with Gasteiger partial charge in [-0.05, 0) is 49.2 Å². The van der Waals surface area contributed by atoms with Gasteiger partial charge in [-0.1, -0.05) is 12.1 Å². The number of rotatable bonds is 6. The van der Waals surface area contributed by atoms with Crippen molar-refractivity contribution in [1.82, 2.24) is 9.03 Å². The molecule has 0 bridgehead atoms. The van der Waals surface area contributed by atoms with Crippen molar-refractivity contribution in [3.05, 3.63) is 54.3 Å². The van der Waals surface area contributed by atoms with Crippen LogP contribution in [0, 0.1) is 5.82 Å². The van der Waals surface area contributed by atoms with Crippen LogP contribution in [0.1, 0.15) is 12.8 Å². The Morgan fingerprint density at radius 2 is 1.41 bits per heavy atom. The number of piperazine rings is 1. The summed E-state index contributed by atoms with van der Waals surface area (Å²) in [5, 5.41) is 0. The van der Waals surface area contributed by atoms with E-state index in [0.29, 0.717) is 18.8 Å². The Balaban J connectivity index is 1.46. The molecule has 0 radical (unpaired) electrons. The molecule has 4 rings (SSSR count). The quantitative estimate of drug-likeness (QED) is 0.742. The molecule has 1 saturated heterocycles. The van der Waals surface area contributed by atoms with Crippen molar-refractivity contribution in [1.29, 1.82) is 0 Å². The summed E-state index contributed by atoms with van der Waals surface area (Å²) in [7, 11) is -7.38. The van der Waals surface area contributed by atoms with Gasteiger partial charge in [0.15, 0.2) is 0 Å². The fourth-order valence-corrected chi connectivity index (χ4v) is 6.03. The average molecular weight is 440 g/mol. The molecule has 1 N–H and O–H groups in total. The third-order valence-electron chi connectivity index (χ3n) is 5.10. The largest absolute Gasteiger partial charge is 0.367 e. The maximum atomic E-state index is 14.0. The number of benzene rings is 2. The van der Waals surface area contributed by atoms with E-state index in [1.807, 2.05) is 4.90 Å². The number of halogens is 1. The van der Waals surface area contributed by atoms with Gasteiger partial charge in [-0.25, -0.2) is 25.9 Å². The van der Waals surface area contributed by atoms with Crippen LogP contribution in [0.2, 0.25) is 0 Å². The van der Waals surface area contributed by atoms with E-state index in [2.05, 4.69) is 4.72 Å². The highest BCUT2D eigenvalue weighted by Gasteiger charge is 2.31. The van der Waals surface area contributed by atoms with Crippen LogP contribution < -0.4 is 9.62 Å². The predicted molar refractivity (Wildman–Crippen MR) is 107 cm³/mol. The zero-order valence-electron chi connectivity index (χ0n) is 15.7. The normalized spacial score (nSPS) is 18.7. The lowest BCUT2D eigenvalue weighted by molar-refractivity contribution is 0.383.